The third-order valence-electron chi connectivity index (χ3n) is 2.23. The number of fused-ring (bicyclic) bond motifs is 1. The van der Waals surface area contributed by atoms with E-state index in [0.717, 1.165) is 36.4 Å². The molecule has 2 aromatic rings. The minimum Gasteiger partial charge on any atom is -0.441 e. The molecule has 0 aliphatic heterocycles. The summed E-state index contributed by atoms with van der Waals surface area (Å²) in [5.74, 6) is 0.718. The summed E-state index contributed by atoms with van der Waals surface area (Å²) < 4.78 is 5.39. The molecule has 0 fully saturated rings. The van der Waals surface area contributed by atoms with Crippen LogP contribution in [0.4, 0.5) is 0 Å². The van der Waals surface area contributed by atoms with E-state index >= 15 is 0 Å². The lowest BCUT2D eigenvalue weighted by atomic mass is 10.1. The smallest absolute Gasteiger partial charge is 0.192 e. The lowest BCUT2D eigenvalue weighted by Crippen LogP contribution is -2.00. The topological polar surface area (TPSA) is 52.0 Å². The molecule has 2 rings (SSSR count). The molecule has 0 radical (unpaired) electrons. The van der Waals surface area contributed by atoms with Gasteiger partial charge in [-0.3, -0.25) is 0 Å². The summed E-state index contributed by atoms with van der Waals surface area (Å²) in [6.45, 7) is 2.59. The SMILES string of the molecule is Cc1nc2cc(CCCN)ccc2o1. The van der Waals surface area contributed by atoms with Gasteiger partial charge in [0.2, 0.25) is 0 Å². The van der Waals surface area contributed by atoms with E-state index in [2.05, 4.69) is 17.1 Å². The number of hydrogen-bond acceptors (Lipinski definition) is 3. The number of rotatable bonds is 3. The van der Waals surface area contributed by atoms with Gasteiger partial charge in [0.25, 0.3) is 0 Å². The first-order chi connectivity index (χ1) is 6.79. The van der Waals surface area contributed by atoms with Gasteiger partial charge >= 0.3 is 0 Å². The van der Waals surface area contributed by atoms with Gasteiger partial charge in [0.05, 0.1) is 0 Å². The van der Waals surface area contributed by atoms with Crippen LogP contribution < -0.4 is 5.73 Å². The molecular weight excluding hydrogens is 176 g/mol. The van der Waals surface area contributed by atoms with E-state index in [4.69, 9.17) is 10.2 Å². The molecule has 3 nitrogen and oxygen atoms in total. The molecule has 2 N–H and O–H groups in total. The first-order valence-corrected chi connectivity index (χ1v) is 4.86. The van der Waals surface area contributed by atoms with Crippen molar-refractivity contribution in [1.29, 1.82) is 0 Å². The number of aryl methyl sites for hydroxylation is 2. The second kappa shape index (κ2) is 3.80. The monoisotopic (exact) mass is 190 g/mol. The number of benzene rings is 1. The van der Waals surface area contributed by atoms with Crippen molar-refractivity contribution < 1.29 is 4.42 Å². The van der Waals surface area contributed by atoms with Crippen molar-refractivity contribution in [3.05, 3.63) is 29.7 Å². The predicted octanol–water partition coefficient (Wildman–Crippen LogP) is 2.03. The highest BCUT2D eigenvalue weighted by Crippen LogP contribution is 2.17. The zero-order chi connectivity index (χ0) is 9.97. The first kappa shape index (κ1) is 9.21. The molecule has 3 heteroatoms. The third-order valence-corrected chi connectivity index (χ3v) is 2.23. The van der Waals surface area contributed by atoms with Crippen molar-refractivity contribution in [2.75, 3.05) is 6.54 Å². The Hall–Kier alpha value is -1.35. The predicted molar refractivity (Wildman–Crippen MR) is 56.1 cm³/mol. The Morgan fingerprint density at radius 3 is 3.07 bits per heavy atom. The lowest BCUT2D eigenvalue weighted by Gasteiger charge is -1.97. The number of hydrogen-bond donors (Lipinski definition) is 1. The van der Waals surface area contributed by atoms with Crippen molar-refractivity contribution in [1.82, 2.24) is 4.98 Å². The maximum Gasteiger partial charge on any atom is 0.192 e. The summed E-state index contributed by atoms with van der Waals surface area (Å²) in [6.07, 6.45) is 2.03. The lowest BCUT2D eigenvalue weighted by molar-refractivity contribution is 0.561. The molecule has 0 bridgehead atoms. The fraction of sp³-hybridized carbons (Fsp3) is 0.364. The first-order valence-electron chi connectivity index (χ1n) is 4.86. The average molecular weight is 190 g/mol. The zero-order valence-electron chi connectivity index (χ0n) is 8.29. The standard InChI is InChI=1S/C11H14N2O/c1-8-13-10-7-9(3-2-6-12)4-5-11(10)14-8/h4-5,7H,2-3,6,12H2,1H3. The van der Waals surface area contributed by atoms with Crippen LogP contribution >= 0.6 is 0 Å². The fourth-order valence-electron chi connectivity index (χ4n) is 1.55. The minimum absolute atomic E-state index is 0.718. The van der Waals surface area contributed by atoms with Gasteiger partial charge in [-0.05, 0) is 37.1 Å². The molecule has 74 valence electrons. The Morgan fingerprint density at radius 1 is 1.43 bits per heavy atom. The van der Waals surface area contributed by atoms with Crippen LogP contribution in [0, 0.1) is 6.92 Å². The average Bonchev–Trinajstić information content (AvgIpc) is 2.54. The minimum atomic E-state index is 0.718. The Labute approximate surface area is 82.9 Å². The molecule has 0 aliphatic rings. The molecule has 0 aliphatic carbocycles. The van der Waals surface area contributed by atoms with Gasteiger partial charge in [-0.15, -0.1) is 0 Å². The molecule has 0 saturated heterocycles. The summed E-state index contributed by atoms with van der Waals surface area (Å²) >= 11 is 0. The second-order valence-corrected chi connectivity index (χ2v) is 3.43. The van der Waals surface area contributed by atoms with E-state index in [9.17, 15) is 0 Å². The molecule has 1 aromatic heterocycles. The van der Waals surface area contributed by atoms with Crippen LogP contribution in [0.3, 0.4) is 0 Å². The highest BCUT2D eigenvalue weighted by atomic mass is 16.3. The summed E-state index contributed by atoms with van der Waals surface area (Å²) in [5.41, 5.74) is 8.54. The van der Waals surface area contributed by atoms with Gasteiger partial charge < -0.3 is 10.2 Å². The van der Waals surface area contributed by atoms with Crippen molar-refractivity contribution in [2.45, 2.75) is 19.8 Å². The Morgan fingerprint density at radius 2 is 2.29 bits per heavy atom. The number of nitrogens with two attached hydrogens (primary N) is 1. The van der Waals surface area contributed by atoms with Crippen LogP contribution in [0.5, 0.6) is 0 Å². The summed E-state index contributed by atoms with van der Waals surface area (Å²) in [7, 11) is 0. The normalized spacial score (nSPS) is 11.0. The maximum absolute atomic E-state index is 5.46. The van der Waals surface area contributed by atoms with Crippen LogP contribution in [0.2, 0.25) is 0 Å². The fourth-order valence-corrected chi connectivity index (χ4v) is 1.55. The van der Waals surface area contributed by atoms with Crippen molar-refractivity contribution in [3.8, 4) is 0 Å². The molecule has 1 heterocycles. The van der Waals surface area contributed by atoms with Crippen molar-refractivity contribution in [2.24, 2.45) is 5.73 Å². The van der Waals surface area contributed by atoms with E-state index in [0.29, 0.717) is 0 Å². The van der Waals surface area contributed by atoms with Gasteiger partial charge in [0.1, 0.15) is 5.52 Å². The zero-order valence-corrected chi connectivity index (χ0v) is 8.29. The van der Waals surface area contributed by atoms with Crippen LogP contribution in [0.1, 0.15) is 17.9 Å². The largest absolute Gasteiger partial charge is 0.441 e. The maximum atomic E-state index is 5.46. The Kier molecular flexibility index (Phi) is 2.50. The molecule has 0 spiro atoms. The van der Waals surface area contributed by atoms with E-state index in [1.165, 1.54) is 5.56 Å². The summed E-state index contributed by atoms with van der Waals surface area (Å²) in [4.78, 5) is 4.28. The van der Waals surface area contributed by atoms with Crippen molar-refractivity contribution in [3.63, 3.8) is 0 Å². The number of nitrogens with zero attached hydrogens (tertiary/aromatic N) is 1. The van der Waals surface area contributed by atoms with Crippen LogP contribution in [-0.2, 0) is 6.42 Å². The van der Waals surface area contributed by atoms with Gasteiger partial charge in [-0.2, -0.15) is 0 Å². The van der Waals surface area contributed by atoms with Gasteiger partial charge in [-0.1, -0.05) is 6.07 Å². The van der Waals surface area contributed by atoms with E-state index in [1.54, 1.807) is 0 Å². The molecule has 0 atom stereocenters. The Bertz CT molecular complexity index is 434. The Balaban J connectivity index is 2.31. The number of aromatic nitrogens is 1. The van der Waals surface area contributed by atoms with E-state index in [1.807, 2.05) is 13.0 Å². The molecule has 14 heavy (non-hydrogen) atoms. The molecule has 0 unspecified atom stereocenters. The van der Waals surface area contributed by atoms with Gasteiger partial charge in [-0.25, -0.2) is 4.98 Å². The van der Waals surface area contributed by atoms with Gasteiger partial charge in [0.15, 0.2) is 11.5 Å². The second-order valence-electron chi connectivity index (χ2n) is 3.43. The van der Waals surface area contributed by atoms with Crippen LogP contribution in [-0.4, -0.2) is 11.5 Å². The molecular formula is C11H14N2O. The van der Waals surface area contributed by atoms with E-state index in [-0.39, 0.29) is 0 Å². The summed E-state index contributed by atoms with van der Waals surface area (Å²) in [6, 6.07) is 6.12. The van der Waals surface area contributed by atoms with Crippen LogP contribution in [0.15, 0.2) is 22.6 Å². The van der Waals surface area contributed by atoms with Crippen LogP contribution in [0.25, 0.3) is 11.1 Å². The summed E-state index contributed by atoms with van der Waals surface area (Å²) in [5, 5.41) is 0. The molecule has 0 amide bonds. The quantitative estimate of drug-likeness (QED) is 0.805. The number of oxazole rings is 1. The highest BCUT2D eigenvalue weighted by Gasteiger charge is 2.02. The highest BCUT2D eigenvalue weighted by molar-refractivity contribution is 5.73. The van der Waals surface area contributed by atoms with E-state index < -0.39 is 0 Å². The molecule has 1 aromatic carbocycles. The third kappa shape index (κ3) is 1.77. The molecule has 0 saturated carbocycles. The van der Waals surface area contributed by atoms with Crippen molar-refractivity contribution >= 4 is 11.1 Å². The van der Waals surface area contributed by atoms with Gasteiger partial charge in [0, 0.05) is 6.92 Å².